The molecule has 0 unspecified atom stereocenters. The largest absolute Gasteiger partial charge is 0.394 e. The van der Waals surface area contributed by atoms with Crippen molar-refractivity contribution in [2.45, 2.75) is 0 Å². The first-order valence-corrected chi connectivity index (χ1v) is 4.11. The maximum absolute atomic E-state index is 11.0. The monoisotopic (exact) mass is 188 g/mol. The maximum Gasteiger partial charge on any atom is 0.253 e. The van der Waals surface area contributed by atoms with Gasteiger partial charge in [-0.25, -0.2) is 0 Å². The predicted molar refractivity (Wildman–Crippen MR) is 55.5 cm³/mol. The summed E-state index contributed by atoms with van der Waals surface area (Å²) in [5.41, 5.74) is 5.14. The molecule has 0 fully saturated rings. The molecule has 0 radical (unpaired) electrons. The van der Waals surface area contributed by atoms with Crippen molar-refractivity contribution < 1.29 is 0 Å². The molecule has 14 heavy (non-hydrogen) atoms. The number of nitrogens with two attached hydrogens (primary N) is 1. The molecule has 0 heterocycles. The van der Waals surface area contributed by atoms with Gasteiger partial charge in [-0.05, 0) is 12.1 Å². The maximum atomic E-state index is 11.0. The van der Waals surface area contributed by atoms with Crippen molar-refractivity contribution in [1.82, 2.24) is 0 Å². The highest BCUT2D eigenvalue weighted by molar-refractivity contribution is 5.76. The van der Waals surface area contributed by atoms with Gasteiger partial charge in [-0.3, -0.25) is 9.59 Å². The molecular formula is C10H8N2O2. The topological polar surface area (TPSA) is 72.2 Å². The third-order valence-corrected chi connectivity index (χ3v) is 1.99. The molecular weight excluding hydrogens is 180 g/mol. The van der Waals surface area contributed by atoms with Crippen molar-refractivity contribution >= 4 is 17.1 Å². The van der Waals surface area contributed by atoms with Crippen LogP contribution in [0.4, 0.5) is 17.1 Å². The lowest BCUT2D eigenvalue weighted by Crippen LogP contribution is -2.36. The van der Waals surface area contributed by atoms with E-state index in [1.807, 2.05) is 18.2 Å². The first-order chi connectivity index (χ1) is 6.70. The fraction of sp³-hybridized carbons (Fsp3) is 0. The van der Waals surface area contributed by atoms with Gasteiger partial charge in [0, 0.05) is 5.69 Å². The Morgan fingerprint density at radius 1 is 1.00 bits per heavy atom. The molecule has 0 aromatic heterocycles. The Kier molecular flexibility index (Phi) is 1.81. The van der Waals surface area contributed by atoms with Crippen LogP contribution in [0.3, 0.4) is 0 Å². The van der Waals surface area contributed by atoms with Crippen molar-refractivity contribution in [3.05, 3.63) is 50.8 Å². The summed E-state index contributed by atoms with van der Waals surface area (Å²) in [5.74, 6) is 0. The summed E-state index contributed by atoms with van der Waals surface area (Å²) in [5, 5.41) is 2.79. The zero-order valence-corrected chi connectivity index (χ0v) is 7.28. The fourth-order valence-electron chi connectivity index (χ4n) is 1.20. The van der Waals surface area contributed by atoms with Crippen LogP contribution in [0, 0.1) is 0 Å². The van der Waals surface area contributed by atoms with Crippen molar-refractivity contribution in [2.75, 3.05) is 11.1 Å². The van der Waals surface area contributed by atoms with Crippen LogP contribution in [0.15, 0.2) is 39.9 Å². The van der Waals surface area contributed by atoms with E-state index in [9.17, 15) is 9.59 Å². The van der Waals surface area contributed by atoms with Crippen molar-refractivity contribution in [3.8, 4) is 0 Å². The molecule has 0 amide bonds. The Morgan fingerprint density at radius 3 is 2.21 bits per heavy atom. The van der Waals surface area contributed by atoms with E-state index in [0.717, 1.165) is 5.69 Å². The molecule has 0 spiro atoms. The molecule has 0 saturated heterocycles. The van der Waals surface area contributed by atoms with Crippen LogP contribution in [-0.4, -0.2) is 0 Å². The van der Waals surface area contributed by atoms with Crippen LogP contribution in [0.25, 0.3) is 0 Å². The molecule has 0 aliphatic rings. The molecule has 0 atom stereocenters. The van der Waals surface area contributed by atoms with Gasteiger partial charge < -0.3 is 11.1 Å². The zero-order chi connectivity index (χ0) is 10.1. The molecule has 4 heteroatoms. The number of nitrogens with one attached hydrogen (secondary N) is 1. The van der Waals surface area contributed by atoms with E-state index in [4.69, 9.17) is 5.73 Å². The minimum atomic E-state index is -0.608. The summed E-state index contributed by atoms with van der Waals surface area (Å²) in [7, 11) is 0. The second-order valence-corrected chi connectivity index (χ2v) is 2.94. The molecule has 0 aliphatic heterocycles. The number of nitrogen functional groups attached to an aromatic ring is 1. The second kappa shape index (κ2) is 2.99. The summed E-state index contributed by atoms with van der Waals surface area (Å²) in [6.45, 7) is 0. The summed E-state index contributed by atoms with van der Waals surface area (Å²) in [4.78, 5) is 21.8. The van der Waals surface area contributed by atoms with Crippen LogP contribution >= 0.6 is 0 Å². The van der Waals surface area contributed by atoms with E-state index in [1.165, 1.54) is 0 Å². The molecule has 2 aromatic rings. The average molecular weight is 188 g/mol. The summed E-state index contributed by atoms with van der Waals surface area (Å²) >= 11 is 0. The Morgan fingerprint density at radius 2 is 1.64 bits per heavy atom. The molecule has 0 bridgehead atoms. The van der Waals surface area contributed by atoms with E-state index in [-0.39, 0.29) is 11.4 Å². The van der Waals surface area contributed by atoms with Gasteiger partial charge >= 0.3 is 0 Å². The Bertz CT molecular complexity index is 524. The zero-order valence-electron chi connectivity index (χ0n) is 7.28. The molecule has 3 N–H and O–H groups in total. The smallest absolute Gasteiger partial charge is 0.253 e. The number of anilines is 3. The van der Waals surface area contributed by atoms with Gasteiger partial charge in [0.25, 0.3) is 10.9 Å². The minimum Gasteiger partial charge on any atom is -0.394 e. The quantitative estimate of drug-likeness (QED) is 0.677. The third kappa shape index (κ3) is 1.17. The molecule has 0 aliphatic carbocycles. The first kappa shape index (κ1) is 8.50. The van der Waals surface area contributed by atoms with E-state index < -0.39 is 10.9 Å². The van der Waals surface area contributed by atoms with Gasteiger partial charge in [-0.15, -0.1) is 0 Å². The van der Waals surface area contributed by atoms with Gasteiger partial charge in [0.1, 0.15) is 11.4 Å². The highest BCUT2D eigenvalue weighted by Crippen LogP contribution is 2.16. The fourth-order valence-corrected chi connectivity index (χ4v) is 1.20. The molecule has 0 saturated carbocycles. The van der Waals surface area contributed by atoms with Crippen LogP contribution in [0.2, 0.25) is 0 Å². The lowest BCUT2D eigenvalue weighted by Gasteiger charge is -2.08. The standard InChI is InChI=1S/C10H8N2O2/c11-7-8(10(14)9(7)13)12-6-4-2-1-3-5-6/h1-5,12H,11H2. The number of rotatable bonds is 2. The predicted octanol–water partition coefficient (Wildman–Crippen LogP) is 0.608. The Hall–Kier alpha value is -2.10. The third-order valence-electron chi connectivity index (χ3n) is 1.99. The van der Waals surface area contributed by atoms with Crippen LogP contribution < -0.4 is 21.9 Å². The van der Waals surface area contributed by atoms with Crippen LogP contribution in [0.5, 0.6) is 0 Å². The minimum absolute atomic E-state index is 0.0128. The number of benzene rings is 1. The second-order valence-electron chi connectivity index (χ2n) is 2.94. The lowest BCUT2D eigenvalue weighted by atomic mass is 10.2. The van der Waals surface area contributed by atoms with E-state index in [1.54, 1.807) is 12.1 Å². The number of hydrogen-bond acceptors (Lipinski definition) is 4. The molecule has 4 nitrogen and oxygen atoms in total. The van der Waals surface area contributed by atoms with Gasteiger partial charge in [0.15, 0.2) is 0 Å². The summed E-state index contributed by atoms with van der Waals surface area (Å²) in [6, 6.07) is 9.08. The normalized spacial score (nSPS) is 10.3. The van der Waals surface area contributed by atoms with E-state index >= 15 is 0 Å². The van der Waals surface area contributed by atoms with Gasteiger partial charge in [0.2, 0.25) is 0 Å². The lowest BCUT2D eigenvalue weighted by molar-refractivity contribution is 1.39. The summed E-state index contributed by atoms with van der Waals surface area (Å²) in [6.07, 6.45) is 0. The van der Waals surface area contributed by atoms with Crippen molar-refractivity contribution in [2.24, 2.45) is 0 Å². The average Bonchev–Trinajstić information content (AvgIpc) is 2.26. The number of para-hydroxylation sites is 1. The SMILES string of the molecule is Nc1c(Nc2ccccc2)c(=O)c1=O. The van der Waals surface area contributed by atoms with E-state index in [0.29, 0.717) is 0 Å². The molecule has 2 aromatic carbocycles. The van der Waals surface area contributed by atoms with Gasteiger partial charge in [-0.1, -0.05) is 18.2 Å². The van der Waals surface area contributed by atoms with Crippen LogP contribution in [-0.2, 0) is 0 Å². The van der Waals surface area contributed by atoms with Gasteiger partial charge in [0.05, 0.1) is 0 Å². The Labute approximate surface area is 79.7 Å². The van der Waals surface area contributed by atoms with Crippen molar-refractivity contribution in [3.63, 3.8) is 0 Å². The van der Waals surface area contributed by atoms with Crippen molar-refractivity contribution in [1.29, 1.82) is 0 Å². The highest BCUT2D eigenvalue weighted by Gasteiger charge is 2.17. The first-order valence-electron chi connectivity index (χ1n) is 4.11. The van der Waals surface area contributed by atoms with Crippen LogP contribution in [0.1, 0.15) is 0 Å². The van der Waals surface area contributed by atoms with Gasteiger partial charge in [-0.2, -0.15) is 0 Å². The Balaban J connectivity index is 2.30. The number of hydrogen-bond donors (Lipinski definition) is 2. The highest BCUT2D eigenvalue weighted by atomic mass is 16.2. The molecule has 70 valence electrons. The molecule has 2 rings (SSSR count). The van der Waals surface area contributed by atoms with E-state index in [2.05, 4.69) is 5.32 Å². The summed E-state index contributed by atoms with van der Waals surface area (Å²) < 4.78 is 0.